The number of benzene rings is 1. The molecule has 0 radical (unpaired) electrons. The van der Waals surface area contributed by atoms with E-state index in [0.29, 0.717) is 25.4 Å². The highest BCUT2D eigenvalue weighted by atomic mass is 127. The summed E-state index contributed by atoms with van der Waals surface area (Å²) in [6.45, 7) is 3.08. The molecule has 0 bridgehead atoms. The fourth-order valence-corrected chi connectivity index (χ4v) is 3.78. The Labute approximate surface area is 201 Å². The van der Waals surface area contributed by atoms with Gasteiger partial charge in [0.25, 0.3) is 5.56 Å². The monoisotopic (exact) mass is 537 g/mol. The first-order chi connectivity index (χ1) is 14.6. The predicted molar refractivity (Wildman–Crippen MR) is 135 cm³/mol. The molecule has 1 aromatic carbocycles. The Morgan fingerprint density at radius 2 is 1.77 bits per heavy atom. The molecular formula is C23H32IN5O2. The highest BCUT2D eigenvalue weighted by Gasteiger charge is 2.22. The molecule has 1 fully saturated rings. The van der Waals surface area contributed by atoms with Crippen LogP contribution < -0.4 is 16.2 Å². The van der Waals surface area contributed by atoms with Gasteiger partial charge in [-0.05, 0) is 36.0 Å². The highest BCUT2D eigenvalue weighted by molar-refractivity contribution is 14.0. The molecular weight excluding hydrogens is 505 g/mol. The number of hydrogen-bond acceptors (Lipinski definition) is 3. The van der Waals surface area contributed by atoms with E-state index in [1.54, 1.807) is 37.0 Å². The number of likely N-dealkylation sites (tertiary alicyclic amines) is 1. The van der Waals surface area contributed by atoms with Gasteiger partial charge in [-0.2, -0.15) is 0 Å². The first kappa shape index (κ1) is 24.9. The van der Waals surface area contributed by atoms with Crippen molar-refractivity contribution in [3.63, 3.8) is 0 Å². The number of piperidine rings is 1. The summed E-state index contributed by atoms with van der Waals surface area (Å²) in [7, 11) is 3.50. The number of nitrogens with one attached hydrogen (secondary N) is 2. The Kier molecular flexibility index (Phi) is 10.0. The summed E-state index contributed by atoms with van der Waals surface area (Å²) in [5, 5.41) is 6.15. The molecule has 1 amide bonds. The smallest absolute Gasteiger partial charge is 0.250 e. The van der Waals surface area contributed by atoms with Crippen molar-refractivity contribution in [3.05, 3.63) is 70.1 Å². The lowest BCUT2D eigenvalue weighted by molar-refractivity contribution is -0.121. The third-order valence-electron chi connectivity index (χ3n) is 5.60. The standard InChI is InChI=1S/C23H31N5O2.HI/c1-24-21(29)15-18-10-13-27(14-11-18)23(25-2)26-16-19-6-8-20(9-7-19)17-28-12-4-3-5-22(28)30;/h3-9,12,18H,10-11,13-17H2,1-2H3,(H,24,29)(H,25,26);1H. The molecule has 2 aromatic rings. The van der Waals surface area contributed by atoms with Crippen molar-refractivity contribution in [2.24, 2.45) is 10.9 Å². The van der Waals surface area contributed by atoms with Crippen molar-refractivity contribution in [1.29, 1.82) is 0 Å². The number of aromatic nitrogens is 1. The molecule has 1 aliphatic rings. The van der Waals surface area contributed by atoms with Crippen LogP contribution in [0, 0.1) is 5.92 Å². The molecule has 0 atom stereocenters. The highest BCUT2D eigenvalue weighted by Crippen LogP contribution is 2.20. The molecule has 1 aromatic heterocycles. The number of pyridine rings is 1. The molecule has 0 spiro atoms. The summed E-state index contributed by atoms with van der Waals surface area (Å²) in [5.41, 5.74) is 2.26. The predicted octanol–water partition coefficient (Wildman–Crippen LogP) is 2.44. The molecule has 168 valence electrons. The molecule has 7 nitrogen and oxygen atoms in total. The van der Waals surface area contributed by atoms with Gasteiger partial charge >= 0.3 is 0 Å². The second-order valence-corrected chi connectivity index (χ2v) is 7.69. The van der Waals surface area contributed by atoms with E-state index >= 15 is 0 Å². The zero-order chi connectivity index (χ0) is 21.3. The summed E-state index contributed by atoms with van der Waals surface area (Å²) in [6.07, 6.45) is 4.42. The lowest BCUT2D eigenvalue weighted by Crippen LogP contribution is -2.45. The van der Waals surface area contributed by atoms with Gasteiger partial charge in [-0.15, -0.1) is 24.0 Å². The number of nitrogens with zero attached hydrogens (tertiary/aromatic N) is 3. The number of amides is 1. The van der Waals surface area contributed by atoms with Crippen LogP contribution in [0.1, 0.15) is 30.4 Å². The Morgan fingerprint density at radius 3 is 2.39 bits per heavy atom. The van der Waals surface area contributed by atoms with E-state index in [-0.39, 0.29) is 35.4 Å². The van der Waals surface area contributed by atoms with E-state index in [4.69, 9.17) is 0 Å². The molecule has 0 saturated carbocycles. The fraction of sp³-hybridized carbons (Fsp3) is 0.435. The van der Waals surface area contributed by atoms with E-state index < -0.39 is 0 Å². The molecule has 1 aliphatic heterocycles. The maximum atomic E-state index is 11.9. The quantitative estimate of drug-likeness (QED) is 0.337. The third-order valence-corrected chi connectivity index (χ3v) is 5.60. The molecule has 1 saturated heterocycles. The largest absolute Gasteiger partial charge is 0.359 e. The van der Waals surface area contributed by atoms with E-state index in [0.717, 1.165) is 43.0 Å². The van der Waals surface area contributed by atoms with Crippen molar-refractivity contribution in [2.45, 2.75) is 32.4 Å². The molecule has 2 heterocycles. The second-order valence-electron chi connectivity index (χ2n) is 7.69. The van der Waals surface area contributed by atoms with Crippen molar-refractivity contribution in [1.82, 2.24) is 20.1 Å². The molecule has 2 N–H and O–H groups in total. The van der Waals surface area contributed by atoms with Crippen LogP contribution in [0.4, 0.5) is 0 Å². The fourth-order valence-electron chi connectivity index (χ4n) is 3.78. The van der Waals surface area contributed by atoms with Crippen molar-refractivity contribution in [3.8, 4) is 0 Å². The van der Waals surface area contributed by atoms with Crippen LogP contribution in [-0.4, -0.2) is 48.5 Å². The Bertz CT molecular complexity index is 918. The summed E-state index contributed by atoms with van der Waals surface area (Å²) in [6, 6.07) is 13.5. The maximum Gasteiger partial charge on any atom is 0.250 e. The zero-order valence-electron chi connectivity index (χ0n) is 18.2. The molecule has 31 heavy (non-hydrogen) atoms. The average molecular weight is 537 g/mol. The lowest BCUT2D eigenvalue weighted by Gasteiger charge is -2.34. The minimum atomic E-state index is 0. The second kappa shape index (κ2) is 12.5. The van der Waals surface area contributed by atoms with Gasteiger partial charge in [0, 0.05) is 52.4 Å². The van der Waals surface area contributed by atoms with Crippen LogP contribution in [0.5, 0.6) is 0 Å². The number of rotatable bonds is 6. The number of guanidine groups is 1. The normalized spacial score (nSPS) is 14.6. The maximum absolute atomic E-state index is 11.9. The van der Waals surface area contributed by atoms with Gasteiger partial charge in [-0.3, -0.25) is 14.6 Å². The van der Waals surface area contributed by atoms with E-state index in [1.165, 1.54) is 0 Å². The summed E-state index contributed by atoms with van der Waals surface area (Å²) in [4.78, 5) is 30.1. The van der Waals surface area contributed by atoms with Crippen LogP contribution in [-0.2, 0) is 17.9 Å². The van der Waals surface area contributed by atoms with Crippen molar-refractivity contribution >= 4 is 35.8 Å². The van der Waals surface area contributed by atoms with Gasteiger partial charge in [-0.1, -0.05) is 30.3 Å². The van der Waals surface area contributed by atoms with E-state index in [2.05, 4.69) is 44.8 Å². The van der Waals surface area contributed by atoms with Crippen LogP contribution >= 0.6 is 24.0 Å². The number of carbonyl (C=O) groups excluding carboxylic acids is 1. The van der Waals surface area contributed by atoms with Crippen molar-refractivity contribution < 1.29 is 4.79 Å². The van der Waals surface area contributed by atoms with Crippen LogP contribution in [0.3, 0.4) is 0 Å². The van der Waals surface area contributed by atoms with Gasteiger partial charge in [0.1, 0.15) is 0 Å². The number of halogens is 1. The Morgan fingerprint density at radius 1 is 1.10 bits per heavy atom. The Hall–Kier alpha value is -2.36. The summed E-state index contributed by atoms with van der Waals surface area (Å²) >= 11 is 0. The van der Waals surface area contributed by atoms with Gasteiger partial charge in [0.15, 0.2) is 5.96 Å². The molecule has 8 heteroatoms. The lowest BCUT2D eigenvalue weighted by atomic mass is 9.93. The minimum Gasteiger partial charge on any atom is -0.359 e. The number of carbonyl (C=O) groups is 1. The molecule has 0 aliphatic carbocycles. The van der Waals surface area contributed by atoms with Gasteiger partial charge < -0.3 is 20.1 Å². The molecule has 3 rings (SSSR count). The number of aliphatic imine (C=N–C) groups is 1. The van der Waals surface area contributed by atoms with Crippen LogP contribution in [0.15, 0.2) is 58.4 Å². The SMILES string of the molecule is CN=C(NCc1ccc(Cn2ccccc2=O)cc1)N1CCC(CC(=O)NC)CC1.I. The van der Waals surface area contributed by atoms with Gasteiger partial charge in [0.05, 0.1) is 6.54 Å². The zero-order valence-corrected chi connectivity index (χ0v) is 20.5. The molecule has 0 unspecified atom stereocenters. The van der Waals surface area contributed by atoms with Gasteiger partial charge in [0.2, 0.25) is 5.91 Å². The van der Waals surface area contributed by atoms with Gasteiger partial charge in [-0.25, -0.2) is 0 Å². The minimum absolute atomic E-state index is 0. The number of hydrogen-bond donors (Lipinski definition) is 2. The summed E-state index contributed by atoms with van der Waals surface area (Å²) in [5.74, 6) is 1.47. The van der Waals surface area contributed by atoms with E-state index in [1.807, 2.05) is 6.07 Å². The van der Waals surface area contributed by atoms with Crippen LogP contribution in [0.2, 0.25) is 0 Å². The first-order valence-corrected chi connectivity index (χ1v) is 10.5. The third kappa shape index (κ3) is 7.37. The van der Waals surface area contributed by atoms with Crippen LogP contribution in [0.25, 0.3) is 0 Å². The topological polar surface area (TPSA) is 78.7 Å². The van der Waals surface area contributed by atoms with E-state index in [9.17, 15) is 9.59 Å². The van der Waals surface area contributed by atoms with Crippen molar-refractivity contribution in [2.75, 3.05) is 27.2 Å². The first-order valence-electron chi connectivity index (χ1n) is 10.5. The summed E-state index contributed by atoms with van der Waals surface area (Å²) < 4.78 is 1.70. The average Bonchev–Trinajstić information content (AvgIpc) is 2.78. The Balaban J connectivity index is 0.00000341.